The Hall–Kier alpha value is -1.75. The van der Waals surface area contributed by atoms with Crippen molar-refractivity contribution in [2.45, 2.75) is 17.8 Å². The van der Waals surface area contributed by atoms with Crippen LogP contribution < -0.4 is 0 Å². The van der Waals surface area contributed by atoms with E-state index in [9.17, 15) is 0 Å². The van der Waals surface area contributed by atoms with Crippen LogP contribution in [0.15, 0.2) is 42.1 Å². The molecule has 0 bridgehead atoms. The standard InChI is InChI=1S/C13H14N4S/c1-10-4-3-6-17-8-11(15-12(10)17)9-18-13-14-5-7-16(13)2/h3-8H,9H2,1-2H3. The molecule has 0 spiro atoms. The molecule has 92 valence electrons. The number of imidazole rings is 2. The number of hydrogen-bond acceptors (Lipinski definition) is 3. The monoisotopic (exact) mass is 258 g/mol. The topological polar surface area (TPSA) is 35.1 Å². The molecular weight excluding hydrogens is 244 g/mol. The second-order valence-corrected chi connectivity index (χ2v) is 5.21. The van der Waals surface area contributed by atoms with Crippen LogP contribution in [0.25, 0.3) is 5.65 Å². The first kappa shape index (κ1) is 11.3. The highest BCUT2D eigenvalue weighted by Gasteiger charge is 2.06. The number of aryl methyl sites for hydroxylation is 2. The first-order valence-corrected chi connectivity index (χ1v) is 6.76. The van der Waals surface area contributed by atoms with Crippen molar-refractivity contribution in [3.63, 3.8) is 0 Å². The van der Waals surface area contributed by atoms with Crippen LogP contribution in [0.1, 0.15) is 11.3 Å². The summed E-state index contributed by atoms with van der Waals surface area (Å²) in [5.74, 6) is 0.839. The van der Waals surface area contributed by atoms with Crippen molar-refractivity contribution in [1.82, 2.24) is 18.9 Å². The van der Waals surface area contributed by atoms with E-state index in [0.717, 1.165) is 22.3 Å². The third-order valence-electron chi connectivity index (χ3n) is 2.85. The van der Waals surface area contributed by atoms with Crippen molar-refractivity contribution in [2.24, 2.45) is 7.05 Å². The van der Waals surface area contributed by atoms with E-state index >= 15 is 0 Å². The van der Waals surface area contributed by atoms with Gasteiger partial charge in [0.1, 0.15) is 5.65 Å². The Morgan fingerprint density at radius 2 is 2.22 bits per heavy atom. The highest BCUT2D eigenvalue weighted by atomic mass is 32.2. The Balaban J connectivity index is 1.83. The normalized spacial score (nSPS) is 11.2. The average molecular weight is 258 g/mol. The summed E-state index contributed by atoms with van der Waals surface area (Å²) < 4.78 is 4.09. The predicted molar refractivity (Wildman–Crippen MR) is 72.7 cm³/mol. The molecule has 3 aromatic heterocycles. The molecule has 0 saturated carbocycles. The van der Waals surface area contributed by atoms with Gasteiger partial charge >= 0.3 is 0 Å². The largest absolute Gasteiger partial charge is 0.329 e. The molecule has 3 heterocycles. The lowest BCUT2D eigenvalue weighted by Gasteiger charge is -1.98. The first-order valence-electron chi connectivity index (χ1n) is 5.77. The van der Waals surface area contributed by atoms with Crippen LogP contribution in [0.2, 0.25) is 0 Å². The number of aromatic nitrogens is 4. The summed E-state index contributed by atoms with van der Waals surface area (Å²) in [6.45, 7) is 2.08. The zero-order chi connectivity index (χ0) is 12.5. The number of fused-ring (bicyclic) bond motifs is 1. The number of rotatable bonds is 3. The van der Waals surface area contributed by atoms with Gasteiger partial charge in [0.05, 0.1) is 5.69 Å². The molecule has 0 aliphatic rings. The predicted octanol–water partition coefficient (Wildman–Crippen LogP) is 2.67. The first-order chi connectivity index (χ1) is 8.74. The van der Waals surface area contributed by atoms with Gasteiger partial charge in [0, 0.05) is 37.6 Å². The van der Waals surface area contributed by atoms with Crippen molar-refractivity contribution < 1.29 is 0 Å². The molecule has 0 N–H and O–H groups in total. The SMILES string of the molecule is Cc1cccn2cc(CSc3nccn3C)nc12. The number of thioether (sulfide) groups is 1. The summed E-state index contributed by atoms with van der Waals surface area (Å²) in [5.41, 5.74) is 3.32. The second-order valence-electron chi connectivity index (χ2n) is 4.26. The maximum absolute atomic E-state index is 4.65. The lowest BCUT2D eigenvalue weighted by Crippen LogP contribution is -1.89. The molecule has 0 aliphatic carbocycles. The lowest BCUT2D eigenvalue weighted by molar-refractivity contribution is 0.789. The van der Waals surface area contributed by atoms with Crippen LogP contribution in [0.3, 0.4) is 0 Å². The minimum Gasteiger partial charge on any atom is -0.329 e. The highest BCUT2D eigenvalue weighted by Crippen LogP contribution is 2.20. The molecule has 3 aromatic rings. The fraction of sp³-hybridized carbons (Fsp3) is 0.231. The van der Waals surface area contributed by atoms with Gasteiger partial charge in [-0.2, -0.15) is 0 Å². The minimum absolute atomic E-state index is 0.839. The summed E-state index contributed by atoms with van der Waals surface area (Å²) in [6.07, 6.45) is 7.88. The summed E-state index contributed by atoms with van der Waals surface area (Å²) in [6, 6.07) is 4.12. The van der Waals surface area contributed by atoms with E-state index in [0.29, 0.717) is 0 Å². The maximum atomic E-state index is 4.65. The van der Waals surface area contributed by atoms with E-state index < -0.39 is 0 Å². The van der Waals surface area contributed by atoms with Gasteiger partial charge in [0.15, 0.2) is 5.16 Å². The van der Waals surface area contributed by atoms with Crippen molar-refractivity contribution in [3.8, 4) is 0 Å². The number of nitrogens with zero attached hydrogens (tertiary/aromatic N) is 4. The van der Waals surface area contributed by atoms with E-state index in [4.69, 9.17) is 0 Å². The molecule has 0 radical (unpaired) electrons. The molecule has 3 rings (SSSR count). The quantitative estimate of drug-likeness (QED) is 0.677. The smallest absolute Gasteiger partial charge is 0.168 e. The Labute approximate surface area is 110 Å². The minimum atomic E-state index is 0.839. The van der Waals surface area contributed by atoms with Crippen LogP contribution in [-0.2, 0) is 12.8 Å². The van der Waals surface area contributed by atoms with E-state index in [1.165, 1.54) is 5.56 Å². The summed E-state index contributed by atoms with van der Waals surface area (Å²) >= 11 is 1.70. The fourth-order valence-corrected chi connectivity index (χ4v) is 2.72. The molecule has 0 aromatic carbocycles. The van der Waals surface area contributed by atoms with Crippen LogP contribution in [0, 0.1) is 6.92 Å². The maximum Gasteiger partial charge on any atom is 0.168 e. The Bertz CT molecular complexity index is 683. The summed E-state index contributed by atoms with van der Waals surface area (Å²) in [7, 11) is 2.00. The van der Waals surface area contributed by atoms with Gasteiger partial charge in [0.25, 0.3) is 0 Å². The molecule has 5 heteroatoms. The van der Waals surface area contributed by atoms with Gasteiger partial charge in [0.2, 0.25) is 0 Å². The third-order valence-corrected chi connectivity index (χ3v) is 3.95. The van der Waals surface area contributed by atoms with E-state index in [1.807, 2.05) is 36.3 Å². The number of pyridine rings is 1. The lowest BCUT2D eigenvalue weighted by atomic mass is 10.3. The Morgan fingerprint density at radius 1 is 1.33 bits per heavy atom. The van der Waals surface area contributed by atoms with Gasteiger partial charge in [-0.1, -0.05) is 17.8 Å². The molecular formula is C13H14N4S. The molecule has 0 aliphatic heterocycles. The Morgan fingerprint density at radius 3 is 2.94 bits per heavy atom. The van der Waals surface area contributed by atoms with Crippen molar-refractivity contribution >= 4 is 17.4 Å². The van der Waals surface area contributed by atoms with Crippen molar-refractivity contribution in [2.75, 3.05) is 0 Å². The van der Waals surface area contributed by atoms with Crippen LogP contribution >= 0.6 is 11.8 Å². The summed E-state index contributed by atoms with van der Waals surface area (Å²) in [5, 5.41) is 1.02. The zero-order valence-electron chi connectivity index (χ0n) is 10.4. The molecule has 0 amide bonds. The van der Waals surface area contributed by atoms with Gasteiger partial charge < -0.3 is 8.97 Å². The molecule has 0 fully saturated rings. The van der Waals surface area contributed by atoms with Gasteiger partial charge in [-0.25, -0.2) is 9.97 Å². The van der Waals surface area contributed by atoms with Crippen molar-refractivity contribution in [1.29, 1.82) is 0 Å². The zero-order valence-corrected chi connectivity index (χ0v) is 11.2. The third kappa shape index (κ3) is 2.01. The van der Waals surface area contributed by atoms with Crippen LogP contribution in [-0.4, -0.2) is 18.9 Å². The molecule has 4 nitrogen and oxygen atoms in total. The molecule has 0 unspecified atom stereocenters. The van der Waals surface area contributed by atoms with E-state index in [-0.39, 0.29) is 0 Å². The van der Waals surface area contributed by atoms with Crippen LogP contribution in [0.4, 0.5) is 0 Å². The second kappa shape index (κ2) is 4.49. The van der Waals surface area contributed by atoms with E-state index in [1.54, 1.807) is 11.8 Å². The average Bonchev–Trinajstić information content (AvgIpc) is 2.93. The molecule has 0 atom stereocenters. The summed E-state index contributed by atoms with van der Waals surface area (Å²) in [4.78, 5) is 8.94. The number of hydrogen-bond donors (Lipinski definition) is 0. The van der Waals surface area contributed by atoms with Gasteiger partial charge in [-0.05, 0) is 18.6 Å². The molecule has 18 heavy (non-hydrogen) atoms. The van der Waals surface area contributed by atoms with Gasteiger partial charge in [-0.15, -0.1) is 0 Å². The Kier molecular flexibility index (Phi) is 2.83. The van der Waals surface area contributed by atoms with E-state index in [2.05, 4.69) is 33.6 Å². The fourth-order valence-electron chi connectivity index (χ4n) is 1.90. The molecule has 0 saturated heterocycles. The van der Waals surface area contributed by atoms with Gasteiger partial charge in [-0.3, -0.25) is 0 Å². The van der Waals surface area contributed by atoms with Crippen molar-refractivity contribution in [3.05, 3.63) is 48.2 Å². The van der Waals surface area contributed by atoms with Crippen LogP contribution in [0.5, 0.6) is 0 Å². The highest BCUT2D eigenvalue weighted by molar-refractivity contribution is 7.98.